The fraction of sp³-hybridized carbons (Fsp3) is 0. The molecule has 39 heavy (non-hydrogen) atoms. The van der Waals surface area contributed by atoms with Gasteiger partial charge in [0.05, 0.1) is 0 Å². The van der Waals surface area contributed by atoms with Gasteiger partial charge < -0.3 is 0 Å². The Hall–Kier alpha value is -4.00. The van der Waals surface area contributed by atoms with Crippen molar-refractivity contribution in [3.05, 3.63) is 140 Å². The molecule has 0 saturated carbocycles. The average molecular weight is 582 g/mol. The predicted octanol–water partition coefficient (Wildman–Crippen LogP) is 7.32. The topological polar surface area (TPSA) is 17.3 Å². The van der Waals surface area contributed by atoms with Crippen molar-refractivity contribution in [3.8, 4) is 0 Å². The van der Waals surface area contributed by atoms with Crippen LogP contribution in [0.15, 0.2) is 140 Å². The van der Waals surface area contributed by atoms with Gasteiger partial charge in [-0.15, -0.1) is 0 Å². The molecule has 2 nitrogen and oxygen atoms in total. The van der Waals surface area contributed by atoms with Crippen LogP contribution < -0.4 is 15.9 Å². The van der Waals surface area contributed by atoms with Gasteiger partial charge in [-0.25, -0.2) is 0 Å². The molecular formula is C35H23N2PSe. The van der Waals surface area contributed by atoms with Crippen molar-refractivity contribution in [1.29, 1.82) is 0 Å². The normalized spacial score (nSPS) is 13.4. The molecule has 0 aliphatic carbocycles. The fourth-order valence-electron chi connectivity index (χ4n) is 5.95. The summed E-state index contributed by atoms with van der Waals surface area (Å²) in [6.07, 6.45) is 0. The maximum atomic E-state index is 5.10. The summed E-state index contributed by atoms with van der Waals surface area (Å²) in [6.45, 7) is 0. The number of fused-ring (bicyclic) bond motifs is 9. The Bertz CT molecular complexity index is 2270. The number of rotatable bonds is 3. The number of imidazole rings is 1. The van der Waals surface area contributed by atoms with E-state index < -0.39 is 5.51 Å². The van der Waals surface area contributed by atoms with Gasteiger partial charge in [0, 0.05) is 0 Å². The summed E-state index contributed by atoms with van der Waals surface area (Å²) in [5.74, 6) is 0. The second-order valence-corrected chi connectivity index (χ2v) is 16.2. The third-order valence-electron chi connectivity index (χ3n) is 7.82. The summed E-state index contributed by atoms with van der Waals surface area (Å²) >= 11 is 3.77. The molecule has 184 valence electrons. The Balaban J connectivity index is 1.48. The molecule has 8 aromatic rings. The Morgan fingerprint density at radius 1 is 0.487 bits per heavy atom. The quantitative estimate of drug-likeness (QED) is 0.121. The van der Waals surface area contributed by atoms with E-state index in [2.05, 4.69) is 159 Å². The Kier molecular flexibility index (Phi) is 5.15. The molecule has 1 unspecified atom stereocenters. The molecule has 0 fully saturated rings. The van der Waals surface area contributed by atoms with Crippen molar-refractivity contribution in [2.24, 2.45) is 0 Å². The standard InChI is InChI=1S/C35H23N2PSe/c39-38(26-12-2-1-3-13-26,27-19-18-24-10-4-5-11-25(24)22-27)28-20-21-30-31(23-28)29-14-6-8-16-33(29)37-34-17-9-7-15-32(34)36-35(30)37/h1-23H. The van der Waals surface area contributed by atoms with Gasteiger partial charge in [-0.2, -0.15) is 0 Å². The van der Waals surface area contributed by atoms with E-state index in [0.717, 1.165) is 16.7 Å². The number of benzene rings is 6. The monoisotopic (exact) mass is 582 g/mol. The number of hydrogen-bond acceptors (Lipinski definition) is 1. The SMILES string of the molecule is [Se]=P(c1ccccc1)(c1ccc2ccccc2c1)c1ccc2c(c1)c1ccccc1n1c3ccccc3nc21. The van der Waals surface area contributed by atoms with Crippen LogP contribution in [0.2, 0.25) is 0 Å². The summed E-state index contributed by atoms with van der Waals surface area (Å²) in [7, 11) is 0. The van der Waals surface area contributed by atoms with Crippen LogP contribution in [0.25, 0.3) is 49.1 Å². The third kappa shape index (κ3) is 3.41. The zero-order valence-corrected chi connectivity index (χ0v) is 23.6. The zero-order chi connectivity index (χ0) is 26.0. The first kappa shape index (κ1) is 22.9. The van der Waals surface area contributed by atoms with E-state index in [1.807, 2.05) is 0 Å². The first-order valence-corrected chi connectivity index (χ1v) is 17.1. The molecule has 1 atom stereocenters. The van der Waals surface area contributed by atoms with E-state index in [4.69, 9.17) is 4.98 Å². The van der Waals surface area contributed by atoms with Gasteiger partial charge in [-0.05, 0) is 0 Å². The summed E-state index contributed by atoms with van der Waals surface area (Å²) in [5, 5.41) is 10.2. The second kappa shape index (κ2) is 8.76. The van der Waals surface area contributed by atoms with Gasteiger partial charge in [0.15, 0.2) is 0 Å². The average Bonchev–Trinajstić information content (AvgIpc) is 3.41. The van der Waals surface area contributed by atoms with E-state index in [1.165, 1.54) is 48.4 Å². The Morgan fingerprint density at radius 2 is 1.15 bits per heavy atom. The fourth-order valence-corrected chi connectivity index (χ4v) is 10.8. The van der Waals surface area contributed by atoms with E-state index in [1.54, 1.807) is 0 Å². The number of para-hydroxylation sites is 3. The van der Waals surface area contributed by atoms with Gasteiger partial charge >= 0.3 is 235 Å². The summed E-state index contributed by atoms with van der Waals surface area (Å²) in [4.78, 5) is 5.10. The summed E-state index contributed by atoms with van der Waals surface area (Å²) in [5.41, 5.74) is 2.29. The molecule has 0 saturated heterocycles. The van der Waals surface area contributed by atoms with Gasteiger partial charge in [-0.1, -0.05) is 0 Å². The van der Waals surface area contributed by atoms with E-state index in [-0.39, 0.29) is 0 Å². The van der Waals surface area contributed by atoms with Gasteiger partial charge in [0.2, 0.25) is 0 Å². The van der Waals surface area contributed by atoms with Crippen molar-refractivity contribution < 1.29 is 0 Å². The first-order valence-electron chi connectivity index (χ1n) is 13.1. The molecule has 0 spiro atoms. The number of nitrogens with zero attached hydrogens (tertiary/aromatic N) is 2. The second-order valence-electron chi connectivity index (χ2n) is 9.98. The minimum atomic E-state index is -2.05. The first-order chi connectivity index (χ1) is 19.2. The van der Waals surface area contributed by atoms with Gasteiger partial charge in [-0.3, -0.25) is 0 Å². The molecule has 4 heteroatoms. The molecule has 0 bridgehead atoms. The predicted molar refractivity (Wildman–Crippen MR) is 170 cm³/mol. The minimum absolute atomic E-state index is 1.01. The molecule has 0 aliphatic rings. The molecule has 8 rings (SSSR count). The van der Waals surface area contributed by atoms with E-state index in [9.17, 15) is 0 Å². The third-order valence-corrected chi connectivity index (χ3v) is 14.8. The van der Waals surface area contributed by atoms with Crippen LogP contribution in [0.5, 0.6) is 0 Å². The van der Waals surface area contributed by atoms with E-state index >= 15 is 0 Å². The van der Waals surface area contributed by atoms with Gasteiger partial charge in [0.1, 0.15) is 0 Å². The molecule has 0 radical (unpaired) electrons. The maximum absolute atomic E-state index is 5.10. The van der Waals surface area contributed by atoms with Crippen LogP contribution in [0.3, 0.4) is 0 Å². The van der Waals surface area contributed by atoms with Crippen molar-refractivity contribution in [3.63, 3.8) is 0 Å². The summed E-state index contributed by atoms with van der Waals surface area (Å²) < 4.78 is 2.31. The Morgan fingerprint density at radius 3 is 2.03 bits per heavy atom. The van der Waals surface area contributed by atoms with Crippen LogP contribution in [0.1, 0.15) is 0 Å². The van der Waals surface area contributed by atoms with Crippen LogP contribution in [0, 0.1) is 0 Å². The molecule has 0 aliphatic heterocycles. The number of hydrogen-bond donors (Lipinski definition) is 0. The molecule has 2 heterocycles. The van der Waals surface area contributed by atoms with E-state index in [0.29, 0.717) is 0 Å². The molecule has 0 amide bonds. The molecule has 0 N–H and O–H groups in total. The Labute approximate surface area is 233 Å². The van der Waals surface area contributed by atoms with Crippen LogP contribution in [-0.2, 0) is 0 Å². The van der Waals surface area contributed by atoms with Crippen LogP contribution >= 0.6 is 5.51 Å². The van der Waals surface area contributed by atoms with Crippen molar-refractivity contribution in [1.82, 2.24) is 9.38 Å². The summed E-state index contributed by atoms with van der Waals surface area (Å²) in [6, 6.07) is 50.7. The molecule has 2 aromatic heterocycles. The number of pyridine rings is 1. The number of aromatic nitrogens is 2. The van der Waals surface area contributed by atoms with Gasteiger partial charge in [0.25, 0.3) is 0 Å². The molecular weight excluding hydrogens is 558 g/mol. The van der Waals surface area contributed by atoms with Crippen molar-refractivity contribution in [2.45, 2.75) is 0 Å². The van der Waals surface area contributed by atoms with Crippen molar-refractivity contribution in [2.75, 3.05) is 0 Å². The van der Waals surface area contributed by atoms with Crippen molar-refractivity contribution >= 4 is 85.6 Å². The molecule has 6 aromatic carbocycles. The zero-order valence-electron chi connectivity index (χ0n) is 21.0. The van der Waals surface area contributed by atoms with Crippen LogP contribution in [-0.4, -0.2) is 24.5 Å². The van der Waals surface area contributed by atoms with Crippen LogP contribution in [0.4, 0.5) is 0 Å².